The van der Waals surface area contributed by atoms with E-state index < -0.39 is 45.0 Å². The van der Waals surface area contributed by atoms with E-state index in [1.54, 1.807) is 43.0 Å². The van der Waals surface area contributed by atoms with Gasteiger partial charge in [-0.1, -0.05) is 12.1 Å². The topological polar surface area (TPSA) is 143 Å². The first-order valence-corrected chi connectivity index (χ1v) is 16.0. The average molecular weight is 639 g/mol. The van der Waals surface area contributed by atoms with Gasteiger partial charge in [-0.3, -0.25) is 14.9 Å². The van der Waals surface area contributed by atoms with Gasteiger partial charge >= 0.3 is 6.09 Å². The summed E-state index contributed by atoms with van der Waals surface area (Å²) in [6.45, 7) is 3.89. The van der Waals surface area contributed by atoms with Crippen LogP contribution in [0, 0.1) is 5.82 Å². The van der Waals surface area contributed by atoms with Gasteiger partial charge in [-0.05, 0) is 85.8 Å². The summed E-state index contributed by atoms with van der Waals surface area (Å²) in [7, 11) is -1.24. The molecule has 0 bridgehead atoms. The molecule has 1 saturated heterocycles. The molecule has 5 rings (SSSR count). The van der Waals surface area contributed by atoms with Crippen molar-refractivity contribution in [2.75, 3.05) is 31.4 Å². The molecule has 0 unspecified atom stereocenters. The molecule has 0 aliphatic carbocycles. The van der Waals surface area contributed by atoms with Crippen LogP contribution in [0.25, 0.3) is 0 Å². The second-order valence-corrected chi connectivity index (χ2v) is 13.7. The third-order valence-corrected chi connectivity index (χ3v) is 10.3. The zero-order chi connectivity index (χ0) is 32.5. The highest BCUT2D eigenvalue weighted by atomic mass is 32.2. The van der Waals surface area contributed by atoms with E-state index in [-0.39, 0.29) is 16.6 Å². The second-order valence-electron chi connectivity index (χ2n) is 11.2. The summed E-state index contributed by atoms with van der Waals surface area (Å²) in [6.07, 6.45) is 0.328. The number of rotatable bonds is 9. The number of amides is 3. The molecule has 2 heterocycles. The lowest BCUT2D eigenvalue weighted by Crippen LogP contribution is -2.38. The number of ether oxygens (including phenoxy) is 2. The fraction of sp³-hybridized carbons (Fsp3) is 0.344. The Hall–Kier alpha value is -4.65. The minimum atomic E-state index is -3.78. The molecular weight excluding hydrogens is 603 g/mol. The number of carbonyl (C=O) groups excluding carboxylic acids is 3. The van der Waals surface area contributed by atoms with Crippen molar-refractivity contribution in [3.05, 3.63) is 82.7 Å². The molecule has 3 N–H and O–H groups in total. The highest BCUT2D eigenvalue weighted by molar-refractivity contribution is 7.92. The van der Waals surface area contributed by atoms with Gasteiger partial charge in [0.15, 0.2) is 21.4 Å². The van der Waals surface area contributed by atoms with Gasteiger partial charge in [0.1, 0.15) is 6.04 Å². The maximum absolute atomic E-state index is 14.5. The van der Waals surface area contributed by atoms with Gasteiger partial charge in [-0.2, -0.15) is 0 Å². The number of anilines is 2. The van der Waals surface area contributed by atoms with Gasteiger partial charge in [0.25, 0.3) is 5.91 Å². The molecule has 3 amide bonds. The molecule has 0 radical (unpaired) electrons. The molecule has 2 aliphatic rings. The van der Waals surface area contributed by atoms with Crippen LogP contribution in [0.15, 0.2) is 59.5 Å². The normalized spacial score (nSPS) is 16.6. The van der Waals surface area contributed by atoms with Crippen molar-refractivity contribution in [3.63, 3.8) is 0 Å². The van der Waals surface area contributed by atoms with Crippen LogP contribution in [-0.4, -0.2) is 57.2 Å². The summed E-state index contributed by atoms with van der Waals surface area (Å²) in [5, 5.41) is 7.84. The van der Waals surface area contributed by atoms with Crippen LogP contribution in [0.2, 0.25) is 0 Å². The van der Waals surface area contributed by atoms with Crippen molar-refractivity contribution in [2.24, 2.45) is 0 Å². The Kier molecular flexibility index (Phi) is 9.01. The molecular formula is C32H35FN4O7S. The summed E-state index contributed by atoms with van der Waals surface area (Å²) in [5.74, 6) is -1.27. The molecule has 238 valence electrons. The van der Waals surface area contributed by atoms with Crippen molar-refractivity contribution < 1.29 is 36.7 Å². The maximum atomic E-state index is 14.5. The molecule has 0 spiro atoms. The number of likely N-dealkylation sites (tertiary alicyclic amines) is 1. The first-order valence-electron chi connectivity index (χ1n) is 14.5. The first kappa shape index (κ1) is 31.8. The molecule has 3 aromatic rings. The van der Waals surface area contributed by atoms with Crippen LogP contribution >= 0.6 is 0 Å². The van der Waals surface area contributed by atoms with Crippen molar-refractivity contribution >= 4 is 39.1 Å². The second kappa shape index (κ2) is 12.8. The lowest BCUT2D eigenvalue weighted by Gasteiger charge is -2.32. The van der Waals surface area contributed by atoms with Crippen molar-refractivity contribution in [1.82, 2.24) is 10.2 Å². The minimum absolute atomic E-state index is 0.0506. The number of sulfone groups is 1. The number of hydrogen-bond donors (Lipinski definition) is 3. The highest BCUT2D eigenvalue weighted by Crippen LogP contribution is 2.40. The number of carbonyl (C=O) groups is 3. The van der Waals surface area contributed by atoms with Gasteiger partial charge in [-0.15, -0.1) is 0 Å². The van der Waals surface area contributed by atoms with Crippen LogP contribution < -0.4 is 20.7 Å². The number of fused-ring (bicyclic) bond motifs is 1. The van der Waals surface area contributed by atoms with Crippen LogP contribution in [0.5, 0.6) is 5.75 Å². The first-order chi connectivity index (χ1) is 21.4. The Bertz CT molecular complexity index is 1760. The van der Waals surface area contributed by atoms with Gasteiger partial charge in [0.2, 0.25) is 5.91 Å². The number of benzene rings is 3. The highest BCUT2D eigenvalue weighted by Gasteiger charge is 2.38. The number of methoxy groups -OCH3 is 2. The summed E-state index contributed by atoms with van der Waals surface area (Å²) in [5.41, 5.74) is 2.90. The Morgan fingerprint density at radius 3 is 2.51 bits per heavy atom. The molecule has 0 aromatic heterocycles. The van der Waals surface area contributed by atoms with Gasteiger partial charge in [-0.25, -0.2) is 17.6 Å². The molecule has 2 atom stereocenters. The molecule has 2 aliphatic heterocycles. The van der Waals surface area contributed by atoms with Gasteiger partial charge < -0.3 is 25.0 Å². The SMILES string of the molecule is COC(=O)Nc1ccc(S(=O)(=O)C(C)C)c([C@H]2CCCN2C(=O)[C@H](Nc2ccc3c(c2)C(=O)NC3)c2ccc(F)c(OC)c2)c1. The Morgan fingerprint density at radius 1 is 1.04 bits per heavy atom. The van der Waals surface area contributed by atoms with Crippen LogP contribution in [0.3, 0.4) is 0 Å². The molecule has 3 aromatic carbocycles. The van der Waals surface area contributed by atoms with Crippen LogP contribution in [-0.2, 0) is 25.9 Å². The summed E-state index contributed by atoms with van der Waals surface area (Å²) in [6, 6.07) is 12.1. The van der Waals surface area contributed by atoms with Crippen LogP contribution in [0.1, 0.15) is 65.8 Å². The van der Waals surface area contributed by atoms with Gasteiger partial charge in [0, 0.05) is 30.0 Å². The van der Waals surface area contributed by atoms with E-state index in [9.17, 15) is 27.2 Å². The standard InChI is InChI=1S/C32H35FN4O7S/c1-18(2)45(41,42)28-12-10-22(36-32(40)44-4)16-24(28)26-6-5-13-37(26)31(39)29(19-8-11-25(33)27(14-19)43-3)35-21-9-7-20-17-34-30(38)23(20)15-21/h7-12,14-16,18,26,29,35H,5-6,13,17H2,1-4H3,(H,34,38)(H,36,40)/t26-,29-/m1/s1. The number of nitrogens with one attached hydrogen (secondary N) is 3. The summed E-state index contributed by atoms with van der Waals surface area (Å²) in [4.78, 5) is 40.5. The van der Waals surface area contributed by atoms with E-state index in [1.165, 1.54) is 44.6 Å². The fourth-order valence-corrected chi connectivity index (χ4v) is 6.99. The van der Waals surface area contributed by atoms with Gasteiger partial charge in [0.05, 0.1) is 30.4 Å². The largest absolute Gasteiger partial charge is 0.494 e. The summed E-state index contributed by atoms with van der Waals surface area (Å²) >= 11 is 0. The van der Waals surface area contributed by atoms with E-state index in [0.29, 0.717) is 54.0 Å². The molecule has 1 fully saturated rings. The predicted octanol–water partition coefficient (Wildman–Crippen LogP) is 4.96. The van der Waals surface area contributed by atoms with E-state index in [1.807, 2.05) is 0 Å². The Morgan fingerprint density at radius 2 is 1.80 bits per heavy atom. The monoisotopic (exact) mass is 638 g/mol. The van der Waals surface area contributed by atoms with E-state index >= 15 is 0 Å². The number of halogens is 1. The lowest BCUT2D eigenvalue weighted by molar-refractivity contribution is -0.133. The third-order valence-electron chi connectivity index (χ3n) is 8.12. The molecule has 45 heavy (non-hydrogen) atoms. The van der Waals surface area contributed by atoms with Crippen LogP contribution in [0.4, 0.5) is 20.6 Å². The maximum Gasteiger partial charge on any atom is 0.411 e. The molecule has 13 heteroatoms. The van der Waals surface area contributed by atoms with Crippen molar-refractivity contribution in [1.29, 1.82) is 0 Å². The molecule has 0 saturated carbocycles. The average Bonchev–Trinajstić information content (AvgIpc) is 3.66. The lowest BCUT2D eigenvalue weighted by atomic mass is 10.00. The predicted molar refractivity (Wildman–Crippen MR) is 165 cm³/mol. The van der Waals surface area contributed by atoms with E-state index in [2.05, 4.69) is 16.0 Å². The smallest absolute Gasteiger partial charge is 0.411 e. The quantitative estimate of drug-likeness (QED) is 0.299. The summed E-state index contributed by atoms with van der Waals surface area (Å²) < 4.78 is 51.3. The Labute approximate surface area is 261 Å². The zero-order valence-electron chi connectivity index (χ0n) is 25.3. The third kappa shape index (κ3) is 6.30. The van der Waals surface area contributed by atoms with Crippen molar-refractivity contribution in [3.8, 4) is 5.75 Å². The molecule has 11 nitrogen and oxygen atoms in total. The number of nitrogens with zero attached hydrogens (tertiary/aromatic N) is 1. The van der Waals surface area contributed by atoms with E-state index in [0.717, 1.165) is 5.56 Å². The Balaban J connectivity index is 1.58. The van der Waals surface area contributed by atoms with E-state index in [4.69, 9.17) is 9.47 Å². The number of hydrogen-bond acceptors (Lipinski definition) is 8. The minimum Gasteiger partial charge on any atom is -0.494 e. The van der Waals surface area contributed by atoms with Crippen molar-refractivity contribution in [2.45, 2.75) is 55.5 Å². The fourth-order valence-electron chi connectivity index (χ4n) is 5.70. The zero-order valence-corrected chi connectivity index (χ0v) is 26.2.